The maximum absolute atomic E-state index is 11.7. The number of carbonyl (C=O) groups is 2. The van der Waals surface area contributed by atoms with Crippen LogP contribution in [0.4, 0.5) is 0 Å². The molecule has 0 bridgehead atoms. The summed E-state index contributed by atoms with van der Waals surface area (Å²) in [5.74, 6) is -0.681. The molecule has 6 heteroatoms. The second-order valence-electron chi connectivity index (χ2n) is 4.83. The van der Waals surface area contributed by atoms with Gasteiger partial charge >= 0.3 is 0 Å². The standard InChI is InChI=1S/C12H16ClN3O2/c1-12(2,3)16-10(17)7-14-11(18)8-5-4-6-9(13)15-8/h4-6H,7H2,1-3H3,(H,14,18)(H,16,17). The number of rotatable bonds is 3. The number of aromatic nitrogens is 1. The van der Waals surface area contributed by atoms with Gasteiger partial charge in [0.25, 0.3) is 5.91 Å². The summed E-state index contributed by atoms with van der Waals surface area (Å²) in [7, 11) is 0. The Morgan fingerprint density at radius 3 is 2.56 bits per heavy atom. The summed E-state index contributed by atoms with van der Waals surface area (Å²) in [6, 6.07) is 4.73. The third-order valence-corrected chi connectivity index (χ3v) is 2.08. The van der Waals surface area contributed by atoms with Crippen molar-refractivity contribution in [1.29, 1.82) is 0 Å². The molecule has 1 rings (SSSR count). The Balaban J connectivity index is 2.49. The van der Waals surface area contributed by atoms with Gasteiger partial charge in [-0.3, -0.25) is 9.59 Å². The minimum absolute atomic E-state index is 0.0930. The van der Waals surface area contributed by atoms with E-state index in [0.717, 1.165) is 0 Å². The number of hydrogen-bond donors (Lipinski definition) is 2. The van der Waals surface area contributed by atoms with Gasteiger partial charge in [-0.05, 0) is 32.9 Å². The van der Waals surface area contributed by atoms with Gasteiger partial charge in [0, 0.05) is 5.54 Å². The van der Waals surface area contributed by atoms with Crippen molar-refractivity contribution >= 4 is 23.4 Å². The van der Waals surface area contributed by atoms with Gasteiger partial charge in [-0.25, -0.2) is 4.98 Å². The molecule has 0 spiro atoms. The van der Waals surface area contributed by atoms with E-state index in [-0.39, 0.29) is 28.8 Å². The molecule has 2 amide bonds. The topological polar surface area (TPSA) is 71.1 Å². The van der Waals surface area contributed by atoms with Crippen molar-refractivity contribution in [2.24, 2.45) is 0 Å². The molecule has 0 aliphatic carbocycles. The minimum Gasteiger partial charge on any atom is -0.350 e. The van der Waals surface area contributed by atoms with Gasteiger partial charge in [0.05, 0.1) is 6.54 Å². The molecule has 0 atom stereocenters. The van der Waals surface area contributed by atoms with Crippen molar-refractivity contribution in [3.05, 3.63) is 29.0 Å². The first kappa shape index (κ1) is 14.4. The van der Waals surface area contributed by atoms with Gasteiger partial charge in [0.1, 0.15) is 10.8 Å². The third kappa shape index (κ3) is 5.14. The average molecular weight is 270 g/mol. The van der Waals surface area contributed by atoms with Gasteiger partial charge in [-0.15, -0.1) is 0 Å². The Kier molecular flexibility index (Phi) is 4.67. The first-order valence-electron chi connectivity index (χ1n) is 5.50. The summed E-state index contributed by atoms with van der Waals surface area (Å²) in [4.78, 5) is 27.0. The van der Waals surface area contributed by atoms with Crippen LogP contribution in [0, 0.1) is 0 Å². The van der Waals surface area contributed by atoms with Crippen LogP contribution in [0.15, 0.2) is 18.2 Å². The van der Waals surface area contributed by atoms with Gasteiger partial charge < -0.3 is 10.6 Å². The van der Waals surface area contributed by atoms with Crippen molar-refractivity contribution in [3.63, 3.8) is 0 Å². The quantitative estimate of drug-likeness (QED) is 0.815. The van der Waals surface area contributed by atoms with Crippen LogP contribution in [-0.4, -0.2) is 28.9 Å². The Hall–Kier alpha value is -1.62. The van der Waals surface area contributed by atoms with E-state index < -0.39 is 5.91 Å². The van der Waals surface area contributed by atoms with Crippen molar-refractivity contribution in [3.8, 4) is 0 Å². The van der Waals surface area contributed by atoms with Crippen LogP contribution in [-0.2, 0) is 4.79 Å². The first-order chi connectivity index (χ1) is 8.28. The molecule has 98 valence electrons. The summed E-state index contributed by atoms with van der Waals surface area (Å²) in [5, 5.41) is 5.45. The normalized spacial score (nSPS) is 10.9. The van der Waals surface area contributed by atoms with E-state index in [4.69, 9.17) is 11.6 Å². The highest BCUT2D eigenvalue weighted by atomic mass is 35.5. The van der Waals surface area contributed by atoms with Crippen molar-refractivity contribution in [2.75, 3.05) is 6.54 Å². The molecule has 0 saturated heterocycles. The minimum atomic E-state index is -0.429. The molecule has 5 nitrogen and oxygen atoms in total. The summed E-state index contributed by atoms with van der Waals surface area (Å²) in [6.45, 7) is 5.51. The zero-order chi connectivity index (χ0) is 13.8. The maximum atomic E-state index is 11.7. The number of halogens is 1. The van der Waals surface area contributed by atoms with Crippen molar-refractivity contribution < 1.29 is 9.59 Å². The lowest BCUT2D eigenvalue weighted by Gasteiger charge is -2.20. The molecule has 0 aliphatic heterocycles. The van der Waals surface area contributed by atoms with E-state index in [0.29, 0.717) is 0 Å². The van der Waals surface area contributed by atoms with E-state index in [2.05, 4.69) is 15.6 Å². The SMILES string of the molecule is CC(C)(C)NC(=O)CNC(=O)c1cccc(Cl)n1. The van der Waals surface area contributed by atoms with E-state index >= 15 is 0 Å². The zero-order valence-electron chi connectivity index (χ0n) is 10.6. The van der Waals surface area contributed by atoms with Crippen LogP contribution in [0.1, 0.15) is 31.3 Å². The number of pyridine rings is 1. The van der Waals surface area contributed by atoms with Crippen LogP contribution in [0.3, 0.4) is 0 Å². The molecule has 0 unspecified atom stereocenters. The second-order valence-corrected chi connectivity index (χ2v) is 5.21. The fourth-order valence-corrected chi connectivity index (χ4v) is 1.41. The van der Waals surface area contributed by atoms with E-state index in [9.17, 15) is 9.59 Å². The molecule has 0 radical (unpaired) electrons. The summed E-state index contributed by atoms with van der Waals surface area (Å²) in [6.07, 6.45) is 0. The first-order valence-corrected chi connectivity index (χ1v) is 5.87. The largest absolute Gasteiger partial charge is 0.350 e. The molecule has 2 N–H and O–H groups in total. The predicted molar refractivity (Wildman–Crippen MR) is 69.5 cm³/mol. The number of amides is 2. The molecular formula is C12H16ClN3O2. The number of hydrogen-bond acceptors (Lipinski definition) is 3. The van der Waals surface area contributed by atoms with Crippen molar-refractivity contribution in [1.82, 2.24) is 15.6 Å². The van der Waals surface area contributed by atoms with Gasteiger partial charge in [-0.1, -0.05) is 17.7 Å². The second kappa shape index (κ2) is 5.82. The molecule has 1 aromatic rings. The Bertz CT molecular complexity index is 455. The highest BCUT2D eigenvalue weighted by Crippen LogP contribution is 2.04. The number of nitrogens with zero attached hydrogens (tertiary/aromatic N) is 1. The van der Waals surface area contributed by atoms with Gasteiger partial charge in [-0.2, -0.15) is 0 Å². The summed E-state index contributed by atoms with van der Waals surface area (Å²) in [5.41, 5.74) is -0.137. The molecule has 1 aromatic heterocycles. The van der Waals surface area contributed by atoms with Crippen LogP contribution < -0.4 is 10.6 Å². The van der Waals surface area contributed by atoms with E-state index in [1.165, 1.54) is 6.07 Å². The van der Waals surface area contributed by atoms with Crippen LogP contribution in [0.25, 0.3) is 0 Å². The molecule has 0 aromatic carbocycles. The summed E-state index contributed by atoms with van der Waals surface area (Å²) < 4.78 is 0. The lowest BCUT2D eigenvalue weighted by Crippen LogP contribution is -2.45. The average Bonchev–Trinajstić information content (AvgIpc) is 2.23. The lowest BCUT2D eigenvalue weighted by atomic mass is 10.1. The van der Waals surface area contributed by atoms with Gasteiger partial charge in [0.2, 0.25) is 5.91 Å². The predicted octanol–water partition coefficient (Wildman–Crippen LogP) is 1.38. The third-order valence-electron chi connectivity index (χ3n) is 1.87. The highest BCUT2D eigenvalue weighted by Gasteiger charge is 2.15. The smallest absolute Gasteiger partial charge is 0.270 e. The Morgan fingerprint density at radius 1 is 1.33 bits per heavy atom. The summed E-state index contributed by atoms with van der Waals surface area (Å²) >= 11 is 5.67. The van der Waals surface area contributed by atoms with Crippen LogP contribution in [0.2, 0.25) is 5.15 Å². The maximum Gasteiger partial charge on any atom is 0.270 e. The fourth-order valence-electron chi connectivity index (χ4n) is 1.25. The van der Waals surface area contributed by atoms with Crippen molar-refractivity contribution in [2.45, 2.75) is 26.3 Å². The van der Waals surface area contributed by atoms with E-state index in [1.807, 2.05) is 20.8 Å². The lowest BCUT2D eigenvalue weighted by molar-refractivity contribution is -0.121. The van der Waals surface area contributed by atoms with E-state index in [1.54, 1.807) is 12.1 Å². The molecule has 0 aliphatic rings. The molecule has 1 heterocycles. The monoisotopic (exact) mass is 269 g/mol. The molecular weight excluding hydrogens is 254 g/mol. The Labute approximate surface area is 111 Å². The molecule has 0 fully saturated rings. The molecule has 0 saturated carbocycles. The van der Waals surface area contributed by atoms with Crippen LogP contribution in [0.5, 0.6) is 0 Å². The zero-order valence-corrected chi connectivity index (χ0v) is 11.3. The number of nitrogens with one attached hydrogen (secondary N) is 2. The van der Waals surface area contributed by atoms with Gasteiger partial charge in [0.15, 0.2) is 0 Å². The highest BCUT2D eigenvalue weighted by molar-refractivity contribution is 6.29. The molecule has 18 heavy (non-hydrogen) atoms. The number of carbonyl (C=O) groups excluding carboxylic acids is 2. The Morgan fingerprint density at radius 2 is 2.00 bits per heavy atom. The van der Waals surface area contributed by atoms with Crippen LogP contribution >= 0.6 is 11.6 Å². The fraction of sp³-hybridized carbons (Fsp3) is 0.417.